The average molecular weight is 354 g/mol. The lowest BCUT2D eigenvalue weighted by atomic mass is 9.92. The summed E-state index contributed by atoms with van der Waals surface area (Å²) >= 11 is 0. The second-order valence-electron chi connectivity index (χ2n) is 7.62. The Morgan fingerprint density at radius 1 is 1.00 bits per heavy atom. The van der Waals surface area contributed by atoms with Crippen molar-refractivity contribution in [2.24, 2.45) is 5.92 Å². The van der Waals surface area contributed by atoms with Crippen molar-refractivity contribution in [1.29, 1.82) is 0 Å². The molecule has 26 heavy (non-hydrogen) atoms. The summed E-state index contributed by atoms with van der Waals surface area (Å²) in [6, 6.07) is 7.84. The van der Waals surface area contributed by atoms with Gasteiger partial charge in [0.05, 0.1) is 0 Å². The average Bonchev–Trinajstić information content (AvgIpc) is 2.59. The number of hydrogen-bond donors (Lipinski definition) is 2. The predicted molar refractivity (Wildman–Crippen MR) is 108 cm³/mol. The second-order valence-corrected chi connectivity index (χ2v) is 7.62. The van der Waals surface area contributed by atoms with Gasteiger partial charge in [0.15, 0.2) is 0 Å². The zero-order chi connectivity index (χ0) is 19.3. The van der Waals surface area contributed by atoms with Crippen molar-refractivity contribution < 1.29 is 4.79 Å². The third-order valence-electron chi connectivity index (χ3n) is 4.17. The number of para-hydroxylation sites is 1. The van der Waals surface area contributed by atoms with Gasteiger partial charge in [0.1, 0.15) is 5.69 Å². The van der Waals surface area contributed by atoms with Gasteiger partial charge in [-0.15, -0.1) is 0 Å². The van der Waals surface area contributed by atoms with Crippen molar-refractivity contribution in [3.8, 4) is 0 Å². The van der Waals surface area contributed by atoms with E-state index in [9.17, 15) is 4.79 Å². The van der Waals surface area contributed by atoms with Crippen molar-refractivity contribution >= 4 is 17.5 Å². The Morgan fingerprint density at radius 3 is 2.15 bits per heavy atom. The first-order chi connectivity index (χ1) is 12.3. The highest BCUT2D eigenvalue weighted by Gasteiger charge is 2.17. The largest absolute Gasteiger partial charge is 0.354 e. The fourth-order valence-electron chi connectivity index (χ4n) is 2.74. The minimum Gasteiger partial charge on any atom is -0.354 e. The Kier molecular flexibility index (Phi) is 6.72. The normalized spacial score (nSPS) is 11.3. The van der Waals surface area contributed by atoms with Crippen LogP contribution in [-0.2, 0) is 0 Å². The Morgan fingerprint density at radius 2 is 1.62 bits per heavy atom. The summed E-state index contributed by atoms with van der Waals surface area (Å²) in [6.45, 7) is 13.5. The number of anilines is 2. The molecule has 2 N–H and O–H groups in total. The monoisotopic (exact) mass is 354 g/mol. The summed E-state index contributed by atoms with van der Waals surface area (Å²) in [4.78, 5) is 21.4. The van der Waals surface area contributed by atoms with Crippen LogP contribution in [0, 0.1) is 5.92 Å². The van der Waals surface area contributed by atoms with E-state index in [0.717, 1.165) is 23.4 Å². The summed E-state index contributed by atoms with van der Waals surface area (Å²) in [5.41, 5.74) is 3.53. The molecule has 140 valence electrons. The molecule has 1 aromatic heterocycles. The van der Waals surface area contributed by atoms with Gasteiger partial charge in [-0.25, -0.2) is 9.97 Å². The predicted octanol–water partition coefficient (Wildman–Crippen LogP) is 5.04. The van der Waals surface area contributed by atoms with Crippen molar-refractivity contribution in [1.82, 2.24) is 9.97 Å². The second kappa shape index (κ2) is 8.79. The summed E-state index contributed by atoms with van der Waals surface area (Å²) in [5.74, 6) is 1.38. The van der Waals surface area contributed by atoms with Crippen LogP contribution < -0.4 is 10.6 Å². The Bertz CT molecular complexity index is 727. The number of amides is 1. The molecule has 0 bridgehead atoms. The van der Waals surface area contributed by atoms with Crippen LogP contribution in [0.5, 0.6) is 0 Å². The van der Waals surface area contributed by atoms with Gasteiger partial charge in [-0.3, -0.25) is 4.79 Å². The van der Waals surface area contributed by atoms with Gasteiger partial charge in [-0.2, -0.15) is 0 Å². The Balaban J connectivity index is 2.29. The highest BCUT2D eigenvalue weighted by Crippen LogP contribution is 2.32. The van der Waals surface area contributed by atoms with E-state index < -0.39 is 0 Å². The van der Waals surface area contributed by atoms with E-state index in [1.807, 2.05) is 0 Å². The van der Waals surface area contributed by atoms with Gasteiger partial charge in [0, 0.05) is 18.4 Å². The van der Waals surface area contributed by atoms with Gasteiger partial charge in [-0.1, -0.05) is 59.7 Å². The first kappa shape index (κ1) is 19.9. The van der Waals surface area contributed by atoms with E-state index in [2.05, 4.69) is 80.3 Å². The molecule has 0 unspecified atom stereocenters. The van der Waals surface area contributed by atoms with E-state index in [0.29, 0.717) is 29.4 Å². The SMILES string of the molecule is CC(C)CNc1nccc(C(=O)Nc2c(C(C)C)cccc2C(C)C)n1. The number of benzene rings is 1. The molecule has 0 aliphatic heterocycles. The lowest BCUT2D eigenvalue weighted by Gasteiger charge is -2.20. The molecular formula is C21H30N4O. The topological polar surface area (TPSA) is 66.9 Å². The van der Waals surface area contributed by atoms with E-state index in [1.54, 1.807) is 12.3 Å². The van der Waals surface area contributed by atoms with Crippen LogP contribution in [0.25, 0.3) is 0 Å². The van der Waals surface area contributed by atoms with Crippen molar-refractivity contribution in [3.63, 3.8) is 0 Å². The Labute approximate surface area is 156 Å². The van der Waals surface area contributed by atoms with Crippen molar-refractivity contribution in [2.75, 3.05) is 17.2 Å². The molecule has 0 spiro atoms. The van der Waals surface area contributed by atoms with Crippen LogP contribution in [0.3, 0.4) is 0 Å². The molecule has 1 heterocycles. The van der Waals surface area contributed by atoms with Gasteiger partial charge in [0.2, 0.25) is 5.95 Å². The fraction of sp³-hybridized carbons (Fsp3) is 0.476. The maximum absolute atomic E-state index is 12.8. The van der Waals surface area contributed by atoms with E-state index in [4.69, 9.17) is 0 Å². The number of rotatable bonds is 7. The molecule has 1 aromatic carbocycles. The van der Waals surface area contributed by atoms with Crippen LogP contribution >= 0.6 is 0 Å². The smallest absolute Gasteiger partial charge is 0.274 e. The van der Waals surface area contributed by atoms with Crippen molar-refractivity contribution in [2.45, 2.75) is 53.4 Å². The summed E-state index contributed by atoms with van der Waals surface area (Å²) in [5, 5.41) is 6.25. The maximum atomic E-state index is 12.8. The number of nitrogens with one attached hydrogen (secondary N) is 2. The standard InChI is InChI=1S/C21H30N4O/c1-13(2)12-23-21-22-11-10-18(24-21)20(26)25-19-16(14(3)4)8-7-9-17(19)15(5)6/h7-11,13-15H,12H2,1-6H3,(H,25,26)(H,22,23,24). The zero-order valence-corrected chi connectivity index (χ0v) is 16.6. The first-order valence-corrected chi connectivity index (χ1v) is 9.30. The molecule has 0 aliphatic carbocycles. The highest BCUT2D eigenvalue weighted by molar-refractivity contribution is 6.04. The molecule has 5 nitrogen and oxygen atoms in total. The number of hydrogen-bond acceptors (Lipinski definition) is 4. The number of aromatic nitrogens is 2. The number of carbonyl (C=O) groups excluding carboxylic acids is 1. The van der Waals surface area contributed by atoms with Crippen LogP contribution in [0.2, 0.25) is 0 Å². The van der Waals surface area contributed by atoms with Gasteiger partial charge in [-0.05, 0) is 34.9 Å². The third kappa shape index (κ3) is 5.04. The number of carbonyl (C=O) groups is 1. The molecule has 0 aliphatic rings. The van der Waals surface area contributed by atoms with Gasteiger partial charge >= 0.3 is 0 Å². The molecule has 0 radical (unpaired) electrons. The molecule has 5 heteroatoms. The lowest BCUT2D eigenvalue weighted by molar-refractivity contribution is 0.102. The molecule has 2 rings (SSSR count). The number of nitrogens with zero attached hydrogens (tertiary/aromatic N) is 2. The third-order valence-corrected chi connectivity index (χ3v) is 4.17. The molecule has 1 amide bonds. The van der Waals surface area contributed by atoms with Crippen LogP contribution in [-0.4, -0.2) is 22.4 Å². The molecular weight excluding hydrogens is 324 g/mol. The Hall–Kier alpha value is -2.43. The summed E-state index contributed by atoms with van der Waals surface area (Å²) in [7, 11) is 0. The first-order valence-electron chi connectivity index (χ1n) is 9.30. The van der Waals surface area contributed by atoms with Crippen LogP contribution in [0.4, 0.5) is 11.6 Å². The van der Waals surface area contributed by atoms with Crippen molar-refractivity contribution in [3.05, 3.63) is 47.3 Å². The summed E-state index contributed by atoms with van der Waals surface area (Å²) in [6.07, 6.45) is 1.61. The highest BCUT2D eigenvalue weighted by atomic mass is 16.1. The van der Waals surface area contributed by atoms with Crippen LogP contribution in [0.15, 0.2) is 30.5 Å². The summed E-state index contributed by atoms with van der Waals surface area (Å²) < 4.78 is 0. The van der Waals surface area contributed by atoms with E-state index in [-0.39, 0.29) is 5.91 Å². The van der Waals surface area contributed by atoms with Crippen LogP contribution in [0.1, 0.15) is 75.0 Å². The van der Waals surface area contributed by atoms with Gasteiger partial charge < -0.3 is 10.6 Å². The zero-order valence-electron chi connectivity index (χ0n) is 16.6. The molecule has 0 saturated carbocycles. The fourth-order valence-corrected chi connectivity index (χ4v) is 2.74. The molecule has 0 fully saturated rings. The maximum Gasteiger partial charge on any atom is 0.274 e. The van der Waals surface area contributed by atoms with E-state index >= 15 is 0 Å². The molecule has 0 saturated heterocycles. The quantitative estimate of drug-likeness (QED) is 0.730. The van der Waals surface area contributed by atoms with Gasteiger partial charge in [0.25, 0.3) is 5.91 Å². The minimum atomic E-state index is -0.213. The van der Waals surface area contributed by atoms with E-state index in [1.165, 1.54) is 0 Å². The lowest BCUT2D eigenvalue weighted by Crippen LogP contribution is -2.18. The molecule has 0 atom stereocenters. The molecule has 2 aromatic rings. The minimum absolute atomic E-state index is 0.213.